The van der Waals surface area contributed by atoms with Crippen molar-refractivity contribution >= 4 is 11.9 Å². The molecular weight excluding hydrogens is 186 g/mol. The van der Waals surface area contributed by atoms with Crippen molar-refractivity contribution in [2.45, 2.75) is 45.6 Å². The van der Waals surface area contributed by atoms with Crippen LogP contribution in [0.25, 0.3) is 0 Å². The van der Waals surface area contributed by atoms with Gasteiger partial charge in [-0.25, -0.2) is 5.48 Å². The first-order valence-electron chi connectivity index (χ1n) is 4.50. The van der Waals surface area contributed by atoms with E-state index in [1.807, 2.05) is 20.8 Å². The number of carbonyl (C=O) groups excluding carboxylic acids is 1. The highest BCUT2D eigenvalue weighted by atomic mass is 16.7. The number of aliphatic carboxylic acids is 1. The molecule has 0 bridgehead atoms. The van der Waals surface area contributed by atoms with E-state index in [2.05, 4.69) is 5.48 Å². The zero-order chi connectivity index (χ0) is 11.2. The van der Waals surface area contributed by atoms with Gasteiger partial charge in [-0.1, -0.05) is 0 Å². The number of carboxylic acid groups (broad SMARTS) is 1. The zero-order valence-electron chi connectivity index (χ0n) is 8.79. The van der Waals surface area contributed by atoms with Gasteiger partial charge in [0.25, 0.3) is 0 Å². The molecule has 0 radical (unpaired) electrons. The van der Waals surface area contributed by atoms with Gasteiger partial charge in [-0.2, -0.15) is 0 Å². The molecule has 0 rings (SSSR count). The molecule has 0 aliphatic heterocycles. The van der Waals surface area contributed by atoms with E-state index in [-0.39, 0.29) is 18.7 Å². The Kier molecular flexibility index (Phi) is 5.15. The van der Waals surface area contributed by atoms with Crippen LogP contribution in [0.3, 0.4) is 0 Å². The van der Waals surface area contributed by atoms with Crippen molar-refractivity contribution in [3.63, 3.8) is 0 Å². The Morgan fingerprint density at radius 1 is 1.29 bits per heavy atom. The lowest BCUT2D eigenvalue weighted by molar-refractivity contribution is -0.146. The van der Waals surface area contributed by atoms with E-state index in [4.69, 9.17) is 9.94 Å². The second-order valence-corrected chi connectivity index (χ2v) is 3.99. The molecule has 0 aromatic carbocycles. The molecule has 0 saturated heterocycles. The molecule has 2 N–H and O–H groups in total. The van der Waals surface area contributed by atoms with Gasteiger partial charge in [0.2, 0.25) is 5.91 Å². The summed E-state index contributed by atoms with van der Waals surface area (Å²) in [6, 6.07) is 0. The SMILES string of the molecule is CC(C)(C)ONC(=O)CCCC(=O)O. The minimum atomic E-state index is -0.894. The summed E-state index contributed by atoms with van der Waals surface area (Å²) >= 11 is 0. The maximum atomic E-state index is 11.0. The molecule has 0 heterocycles. The lowest BCUT2D eigenvalue weighted by atomic mass is 10.2. The number of rotatable bonds is 5. The number of carbonyl (C=O) groups is 2. The van der Waals surface area contributed by atoms with Gasteiger partial charge in [0.05, 0.1) is 5.60 Å². The molecule has 0 aliphatic rings. The molecule has 0 unspecified atom stereocenters. The first-order valence-corrected chi connectivity index (χ1v) is 4.50. The van der Waals surface area contributed by atoms with Crippen LogP contribution in [0, 0.1) is 0 Å². The highest BCUT2D eigenvalue weighted by Gasteiger charge is 2.12. The Balaban J connectivity index is 3.52. The molecule has 0 fully saturated rings. The Morgan fingerprint density at radius 3 is 2.29 bits per heavy atom. The van der Waals surface area contributed by atoms with Gasteiger partial charge in [0, 0.05) is 12.8 Å². The third-order valence-corrected chi connectivity index (χ3v) is 1.27. The molecule has 82 valence electrons. The largest absolute Gasteiger partial charge is 0.481 e. The summed E-state index contributed by atoms with van der Waals surface area (Å²) in [4.78, 5) is 26.2. The van der Waals surface area contributed by atoms with Gasteiger partial charge in [-0.3, -0.25) is 14.4 Å². The molecule has 0 saturated carbocycles. The molecule has 0 atom stereocenters. The third-order valence-electron chi connectivity index (χ3n) is 1.27. The van der Waals surface area contributed by atoms with Crippen LogP contribution in [0.4, 0.5) is 0 Å². The first-order chi connectivity index (χ1) is 6.31. The minimum absolute atomic E-state index is 0.00291. The topological polar surface area (TPSA) is 75.6 Å². The summed E-state index contributed by atoms with van der Waals surface area (Å²) in [6.07, 6.45) is 0.500. The molecule has 0 spiro atoms. The average Bonchev–Trinajstić information content (AvgIpc) is 1.99. The Hall–Kier alpha value is -1.10. The van der Waals surface area contributed by atoms with E-state index < -0.39 is 11.6 Å². The number of nitrogens with one attached hydrogen (secondary N) is 1. The number of carboxylic acids is 1. The summed E-state index contributed by atoms with van der Waals surface area (Å²) in [5, 5.41) is 8.32. The lowest BCUT2D eigenvalue weighted by Gasteiger charge is -2.18. The summed E-state index contributed by atoms with van der Waals surface area (Å²) in [7, 11) is 0. The van der Waals surface area contributed by atoms with Crippen molar-refractivity contribution in [2.75, 3.05) is 0 Å². The molecule has 14 heavy (non-hydrogen) atoms. The van der Waals surface area contributed by atoms with Crippen LogP contribution in [-0.4, -0.2) is 22.6 Å². The number of hydrogen-bond donors (Lipinski definition) is 2. The van der Waals surface area contributed by atoms with Gasteiger partial charge >= 0.3 is 5.97 Å². The second kappa shape index (κ2) is 5.59. The monoisotopic (exact) mass is 203 g/mol. The standard InChI is InChI=1S/C9H17NO4/c1-9(2,3)14-10-7(11)5-4-6-8(12)13/h4-6H2,1-3H3,(H,10,11)(H,12,13). The van der Waals surface area contributed by atoms with Crippen LogP contribution >= 0.6 is 0 Å². The number of hydroxylamine groups is 1. The summed E-state index contributed by atoms with van der Waals surface area (Å²) in [5.74, 6) is -1.18. The van der Waals surface area contributed by atoms with E-state index in [1.165, 1.54) is 0 Å². The smallest absolute Gasteiger partial charge is 0.303 e. The van der Waals surface area contributed by atoms with Gasteiger partial charge in [0.1, 0.15) is 0 Å². The fourth-order valence-electron chi connectivity index (χ4n) is 0.661. The van der Waals surface area contributed by atoms with Crippen molar-refractivity contribution in [3.8, 4) is 0 Å². The lowest BCUT2D eigenvalue weighted by Crippen LogP contribution is -2.33. The Morgan fingerprint density at radius 2 is 1.86 bits per heavy atom. The molecule has 0 aliphatic carbocycles. The van der Waals surface area contributed by atoms with Crippen LogP contribution < -0.4 is 5.48 Å². The van der Waals surface area contributed by atoms with Crippen molar-refractivity contribution in [2.24, 2.45) is 0 Å². The van der Waals surface area contributed by atoms with E-state index in [1.54, 1.807) is 0 Å². The predicted molar refractivity (Wildman–Crippen MR) is 50.5 cm³/mol. The van der Waals surface area contributed by atoms with Crippen LogP contribution in [-0.2, 0) is 14.4 Å². The van der Waals surface area contributed by atoms with Crippen molar-refractivity contribution in [1.82, 2.24) is 5.48 Å². The Labute approximate surface area is 83.4 Å². The fraction of sp³-hybridized carbons (Fsp3) is 0.778. The third kappa shape index (κ3) is 8.99. The van der Waals surface area contributed by atoms with Gasteiger partial charge in [0.15, 0.2) is 0 Å². The Bertz CT molecular complexity index is 207. The van der Waals surface area contributed by atoms with Crippen molar-refractivity contribution in [3.05, 3.63) is 0 Å². The van der Waals surface area contributed by atoms with Crippen LogP contribution in [0.15, 0.2) is 0 Å². The van der Waals surface area contributed by atoms with Crippen LogP contribution in [0.2, 0.25) is 0 Å². The van der Waals surface area contributed by atoms with Crippen LogP contribution in [0.1, 0.15) is 40.0 Å². The first kappa shape index (κ1) is 12.9. The number of amides is 1. The van der Waals surface area contributed by atoms with Gasteiger partial charge < -0.3 is 5.11 Å². The predicted octanol–water partition coefficient (Wildman–Crippen LogP) is 1.09. The van der Waals surface area contributed by atoms with Crippen molar-refractivity contribution < 1.29 is 19.5 Å². The highest BCUT2D eigenvalue weighted by molar-refractivity contribution is 5.75. The summed E-state index contributed by atoms with van der Waals surface area (Å²) < 4.78 is 0. The average molecular weight is 203 g/mol. The number of hydrogen-bond acceptors (Lipinski definition) is 3. The molecule has 0 aromatic rings. The molecule has 5 nitrogen and oxygen atoms in total. The fourth-order valence-corrected chi connectivity index (χ4v) is 0.661. The minimum Gasteiger partial charge on any atom is -0.481 e. The van der Waals surface area contributed by atoms with Gasteiger partial charge in [-0.15, -0.1) is 0 Å². The van der Waals surface area contributed by atoms with E-state index in [0.717, 1.165) is 0 Å². The van der Waals surface area contributed by atoms with Crippen LogP contribution in [0.5, 0.6) is 0 Å². The molecule has 0 aromatic heterocycles. The van der Waals surface area contributed by atoms with Crippen molar-refractivity contribution in [1.29, 1.82) is 0 Å². The van der Waals surface area contributed by atoms with Gasteiger partial charge in [-0.05, 0) is 27.2 Å². The second-order valence-electron chi connectivity index (χ2n) is 3.99. The van der Waals surface area contributed by atoms with E-state index in [0.29, 0.717) is 6.42 Å². The molecule has 5 heteroatoms. The summed E-state index contributed by atoms with van der Waals surface area (Å²) in [5.41, 5.74) is 1.84. The van der Waals surface area contributed by atoms with E-state index in [9.17, 15) is 9.59 Å². The normalized spacial score (nSPS) is 11.1. The quantitative estimate of drug-likeness (QED) is 0.656. The maximum Gasteiger partial charge on any atom is 0.303 e. The maximum absolute atomic E-state index is 11.0. The zero-order valence-corrected chi connectivity index (χ0v) is 8.79. The van der Waals surface area contributed by atoms with E-state index >= 15 is 0 Å². The highest BCUT2D eigenvalue weighted by Crippen LogP contribution is 2.04. The molecule has 1 amide bonds. The summed E-state index contributed by atoms with van der Waals surface area (Å²) in [6.45, 7) is 5.43. The molecular formula is C9H17NO4.